The summed E-state index contributed by atoms with van der Waals surface area (Å²) < 4.78 is 0. The van der Waals surface area contributed by atoms with Crippen LogP contribution in [0.1, 0.15) is 0 Å². The smallest absolute Gasteiger partial charge is 0.189 e. The molecule has 0 bridgehead atoms. The van der Waals surface area contributed by atoms with Crippen LogP contribution in [-0.4, -0.2) is 46.5 Å². The largest absolute Gasteiger partial charge is 0.389 e. The summed E-state index contributed by atoms with van der Waals surface area (Å²) in [6, 6.07) is 0. The molecule has 10 heavy (non-hydrogen) atoms. The maximum Gasteiger partial charge on any atom is 0.189 e. The highest BCUT2D eigenvalue weighted by Crippen LogP contribution is 1.91. The molecule has 0 fully saturated rings. The standard InChI is InChI=1S/C5H11NO4/c6-1-3(8)5(10)4(9)2-7/h3,5,7-8,10H,1-2,6H2/t3-,5+/m0/s1. The number of ketones is 1. The third kappa shape index (κ3) is 2.40. The Bertz CT molecular complexity index is 116. The van der Waals surface area contributed by atoms with E-state index < -0.39 is 24.6 Å². The van der Waals surface area contributed by atoms with Gasteiger partial charge in [0.1, 0.15) is 12.7 Å². The van der Waals surface area contributed by atoms with Crippen LogP contribution in [-0.2, 0) is 4.79 Å². The molecule has 0 spiro atoms. The van der Waals surface area contributed by atoms with Gasteiger partial charge in [0, 0.05) is 6.54 Å². The summed E-state index contributed by atoms with van der Waals surface area (Å²) in [5, 5.41) is 25.7. The minimum Gasteiger partial charge on any atom is -0.389 e. The molecule has 5 heteroatoms. The van der Waals surface area contributed by atoms with Gasteiger partial charge in [-0.05, 0) is 0 Å². The van der Waals surface area contributed by atoms with Crippen molar-refractivity contribution in [2.24, 2.45) is 5.73 Å². The van der Waals surface area contributed by atoms with Gasteiger partial charge in [0.25, 0.3) is 0 Å². The molecule has 0 aromatic rings. The first-order chi connectivity index (χ1) is 4.63. The van der Waals surface area contributed by atoms with Gasteiger partial charge in [-0.15, -0.1) is 0 Å². The number of Topliss-reactive ketones (excluding diaryl/α,β-unsaturated/α-hetero) is 1. The van der Waals surface area contributed by atoms with Crippen molar-refractivity contribution >= 4 is 5.78 Å². The number of hydrogen-bond acceptors (Lipinski definition) is 5. The number of aliphatic hydroxyl groups is 3. The van der Waals surface area contributed by atoms with Crippen LogP contribution < -0.4 is 5.73 Å². The predicted octanol–water partition coefficient (Wildman–Crippen LogP) is -2.77. The second-order valence-corrected chi connectivity index (χ2v) is 1.87. The highest BCUT2D eigenvalue weighted by Gasteiger charge is 2.21. The average molecular weight is 149 g/mol. The second kappa shape index (κ2) is 4.35. The van der Waals surface area contributed by atoms with Gasteiger partial charge in [-0.1, -0.05) is 0 Å². The van der Waals surface area contributed by atoms with Crippen LogP contribution in [0.3, 0.4) is 0 Å². The zero-order valence-electron chi connectivity index (χ0n) is 5.40. The van der Waals surface area contributed by atoms with E-state index in [1.54, 1.807) is 0 Å². The molecule has 0 aliphatic rings. The zero-order valence-corrected chi connectivity index (χ0v) is 5.40. The fourth-order valence-corrected chi connectivity index (χ4v) is 0.437. The van der Waals surface area contributed by atoms with Crippen LogP contribution in [0.5, 0.6) is 0 Å². The first-order valence-electron chi connectivity index (χ1n) is 2.83. The van der Waals surface area contributed by atoms with Gasteiger partial charge < -0.3 is 21.1 Å². The number of nitrogens with two attached hydrogens (primary N) is 1. The van der Waals surface area contributed by atoms with Crippen molar-refractivity contribution < 1.29 is 20.1 Å². The van der Waals surface area contributed by atoms with Crippen molar-refractivity contribution in [3.8, 4) is 0 Å². The predicted molar refractivity (Wildman–Crippen MR) is 33.2 cm³/mol. The normalized spacial score (nSPS) is 16.4. The number of carbonyl (C=O) groups excluding carboxylic acids is 1. The summed E-state index contributed by atoms with van der Waals surface area (Å²) >= 11 is 0. The highest BCUT2D eigenvalue weighted by molar-refractivity contribution is 5.84. The molecule has 2 atom stereocenters. The molecule has 0 unspecified atom stereocenters. The van der Waals surface area contributed by atoms with E-state index in [4.69, 9.17) is 21.1 Å². The zero-order chi connectivity index (χ0) is 8.15. The molecule has 0 aliphatic heterocycles. The van der Waals surface area contributed by atoms with E-state index >= 15 is 0 Å². The fraction of sp³-hybridized carbons (Fsp3) is 0.800. The van der Waals surface area contributed by atoms with Crippen molar-refractivity contribution in [1.29, 1.82) is 0 Å². The third-order valence-corrected chi connectivity index (χ3v) is 1.09. The Labute approximate surface area is 58.1 Å². The Morgan fingerprint density at radius 3 is 2.30 bits per heavy atom. The topological polar surface area (TPSA) is 104 Å². The second-order valence-electron chi connectivity index (χ2n) is 1.87. The molecule has 0 saturated heterocycles. The summed E-state index contributed by atoms with van der Waals surface area (Å²) in [5.41, 5.74) is 4.92. The van der Waals surface area contributed by atoms with Gasteiger partial charge >= 0.3 is 0 Å². The van der Waals surface area contributed by atoms with Gasteiger partial charge in [-0.3, -0.25) is 4.79 Å². The van der Waals surface area contributed by atoms with Crippen molar-refractivity contribution in [1.82, 2.24) is 0 Å². The number of rotatable bonds is 4. The van der Waals surface area contributed by atoms with Crippen LogP contribution in [0.2, 0.25) is 0 Å². The molecule has 5 N–H and O–H groups in total. The van der Waals surface area contributed by atoms with Crippen molar-refractivity contribution in [2.45, 2.75) is 12.2 Å². The SMILES string of the molecule is NC[C@H](O)[C@@H](O)C(=O)CO. The maximum absolute atomic E-state index is 10.4. The van der Waals surface area contributed by atoms with Crippen molar-refractivity contribution in [2.75, 3.05) is 13.2 Å². The maximum atomic E-state index is 10.4. The van der Waals surface area contributed by atoms with Gasteiger partial charge in [-0.25, -0.2) is 0 Å². The molecule has 5 nitrogen and oxygen atoms in total. The van der Waals surface area contributed by atoms with Crippen LogP contribution in [0.25, 0.3) is 0 Å². The summed E-state index contributed by atoms with van der Waals surface area (Å²) in [6.45, 7) is -0.981. The average Bonchev–Trinajstić information content (AvgIpc) is 2.00. The lowest BCUT2D eigenvalue weighted by atomic mass is 10.1. The molecule has 0 saturated carbocycles. The monoisotopic (exact) mass is 149 g/mol. The molecule has 0 aromatic heterocycles. The summed E-state index contributed by atoms with van der Waals surface area (Å²) in [6.07, 6.45) is -2.84. The summed E-state index contributed by atoms with van der Waals surface area (Å²) in [5.74, 6) is -0.821. The highest BCUT2D eigenvalue weighted by atomic mass is 16.3. The Hall–Kier alpha value is -0.490. The fourth-order valence-electron chi connectivity index (χ4n) is 0.437. The molecular weight excluding hydrogens is 138 g/mol. The molecular formula is C5H11NO4. The van der Waals surface area contributed by atoms with E-state index in [0.717, 1.165) is 0 Å². The molecule has 60 valence electrons. The molecule has 0 aromatic carbocycles. The molecule has 0 heterocycles. The lowest BCUT2D eigenvalue weighted by molar-refractivity contribution is -0.135. The molecule has 0 aliphatic carbocycles. The number of aliphatic hydroxyl groups excluding tert-OH is 3. The van der Waals surface area contributed by atoms with Crippen LogP contribution >= 0.6 is 0 Å². The Kier molecular flexibility index (Phi) is 4.13. The first kappa shape index (κ1) is 9.51. The minimum absolute atomic E-state index is 0.201. The Morgan fingerprint density at radius 2 is 2.00 bits per heavy atom. The van der Waals surface area contributed by atoms with Crippen LogP contribution in [0.4, 0.5) is 0 Å². The van der Waals surface area contributed by atoms with E-state index in [9.17, 15) is 4.79 Å². The molecule has 0 rings (SSSR count). The Balaban J connectivity index is 3.81. The van der Waals surface area contributed by atoms with Gasteiger partial charge in [-0.2, -0.15) is 0 Å². The van der Waals surface area contributed by atoms with Gasteiger partial charge in [0.05, 0.1) is 6.10 Å². The van der Waals surface area contributed by atoms with Crippen LogP contribution in [0.15, 0.2) is 0 Å². The molecule has 0 amide bonds. The summed E-state index contributed by atoms with van der Waals surface area (Å²) in [4.78, 5) is 10.4. The quantitative estimate of drug-likeness (QED) is 0.346. The lowest BCUT2D eigenvalue weighted by Crippen LogP contribution is -2.40. The Morgan fingerprint density at radius 1 is 1.50 bits per heavy atom. The third-order valence-electron chi connectivity index (χ3n) is 1.09. The minimum atomic E-state index is -1.56. The number of hydrogen-bond donors (Lipinski definition) is 4. The summed E-state index contributed by atoms with van der Waals surface area (Å²) in [7, 11) is 0. The van der Waals surface area contributed by atoms with Crippen molar-refractivity contribution in [3.63, 3.8) is 0 Å². The van der Waals surface area contributed by atoms with Crippen molar-refractivity contribution in [3.05, 3.63) is 0 Å². The molecule has 0 radical (unpaired) electrons. The van der Waals surface area contributed by atoms with Gasteiger partial charge in [0.2, 0.25) is 0 Å². The van der Waals surface area contributed by atoms with E-state index in [-0.39, 0.29) is 6.54 Å². The lowest BCUT2D eigenvalue weighted by Gasteiger charge is -2.12. The van der Waals surface area contributed by atoms with E-state index in [1.165, 1.54) is 0 Å². The van der Waals surface area contributed by atoms with E-state index in [0.29, 0.717) is 0 Å². The van der Waals surface area contributed by atoms with Gasteiger partial charge in [0.15, 0.2) is 5.78 Å². The number of carbonyl (C=O) groups is 1. The van der Waals surface area contributed by atoms with E-state index in [2.05, 4.69) is 0 Å². The van der Waals surface area contributed by atoms with E-state index in [1.807, 2.05) is 0 Å². The first-order valence-corrected chi connectivity index (χ1v) is 2.83. The van der Waals surface area contributed by atoms with Crippen LogP contribution in [0, 0.1) is 0 Å².